The average Bonchev–Trinajstić information content (AvgIpc) is 2.23. The van der Waals surface area contributed by atoms with E-state index >= 15 is 0 Å². The standard InChI is InChI=1S/C15H19F3O2/c1-14-6-8-2-9(7-14)4-10(3-8)11(14)5-12(13(19)20)15(16,17)18/h5,8-11H,2-4,6-7H2,1H3,(H,19,20). The summed E-state index contributed by atoms with van der Waals surface area (Å²) in [6, 6.07) is 0. The van der Waals surface area contributed by atoms with Crippen molar-refractivity contribution in [2.45, 2.75) is 45.2 Å². The van der Waals surface area contributed by atoms with E-state index in [4.69, 9.17) is 5.11 Å². The van der Waals surface area contributed by atoms with Gasteiger partial charge in [0.15, 0.2) is 0 Å². The third-order valence-corrected chi connectivity index (χ3v) is 5.64. The lowest BCUT2D eigenvalue weighted by Crippen LogP contribution is -2.50. The monoisotopic (exact) mass is 288 g/mol. The lowest BCUT2D eigenvalue weighted by molar-refractivity contribution is -0.145. The van der Waals surface area contributed by atoms with Crippen LogP contribution in [0.5, 0.6) is 0 Å². The lowest BCUT2D eigenvalue weighted by Gasteiger charge is -2.59. The highest BCUT2D eigenvalue weighted by atomic mass is 19.4. The van der Waals surface area contributed by atoms with Crippen molar-refractivity contribution in [2.75, 3.05) is 0 Å². The first kappa shape index (κ1) is 14.0. The summed E-state index contributed by atoms with van der Waals surface area (Å²) in [5.74, 6) is -0.566. The SMILES string of the molecule is CC12CC3CC(CC(C3)C1C=C(C(=O)O)C(F)(F)F)C2. The number of carboxylic acid groups (broad SMARTS) is 1. The molecule has 3 unspecified atom stereocenters. The van der Waals surface area contributed by atoms with Gasteiger partial charge >= 0.3 is 12.1 Å². The summed E-state index contributed by atoms with van der Waals surface area (Å²) >= 11 is 0. The molecule has 1 N–H and O–H groups in total. The fourth-order valence-corrected chi connectivity index (χ4v) is 5.29. The Kier molecular flexibility index (Phi) is 2.96. The van der Waals surface area contributed by atoms with E-state index in [0.717, 1.165) is 31.8 Å². The molecule has 0 aromatic rings. The molecule has 0 saturated heterocycles. The molecule has 0 radical (unpaired) electrons. The molecule has 4 saturated carbocycles. The Morgan fingerprint density at radius 2 is 1.75 bits per heavy atom. The Morgan fingerprint density at radius 3 is 2.15 bits per heavy atom. The van der Waals surface area contributed by atoms with Gasteiger partial charge < -0.3 is 5.11 Å². The second kappa shape index (κ2) is 4.25. The minimum Gasteiger partial charge on any atom is -0.478 e. The largest absolute Gasteiger partial charge is 0.478 e. The number of hydrogen-bond acceptors (Lipinski definition) is 1. The molecule has 3 atom stereocenters. The molecule has 2 nitrogen and oxygen atoms in total. The van der Waals surface area contributed by atoms with Crippen molar-refractivity contribution < 1.29 is 23.1 Å². The zero-order valence-corrected chi connectivity index (χ0v) is 11.4. The van der Waals surface area contributed by atoms with Gasteiger partial charge in [-0.1, -0.05) is 13.0 Å². The van der Waals surface area contributed by atoms with Crippen LogP contribution in [0.4, 0.5) is 13.2 Å². The summed E-state index contributed by atoms with van der Waals surface area (Å²) in [6.45, 7) is 2.05. The molecule has 4 rings (SSSR count). The van der Waals surface area contributed by atoms with Gasteiger partial charge in [-0.3, -0.25) is 0 Å². The number of allylic oxidation sites excluding steroid dienone is 1. The number of aliphatic carboxylic acids is 1. The van der Waals surface area contributed by atoms with E-state index < -0.39 is 17.7 Å². The van der Waals surface area contributed by atoms with Gasteiger partial charge in [0.1, 0.15) is 5.57 Å². The van der Waals surface area contributed by atoms with E-state index in [-0.39, 0.29) is 17.3 Å². The second-order valence-electron chi connectivity index (χ2n) is 7.17. The van der Waals surface area contributed by atoms with Crippen LogP contribution >= 0.6 is 0 Å². The van der Waals surface area contributed by atoms with Crippen LogP contribution in [0.2, 0.25) is 0 Å². The van der Waals surface area contributed by atoms with Crippen molar-refractivity contribution in [2.24, 2.45) is 29.1 Å². The normalized spacial score (nSPS) is 43.9. The maximum absolute atomic E-state index is 12.9. The number of alkyl halides is 3. The minimum atomic E-state index is -4.77. The van der Waals surface area contributed by atoms with E-state index in [2.05, 4.69) is 6.92 Å². The minimum absolute atomic E-state index is 0.138. The molecule has 0 aliphatic heterocycles. The molecule has 112 valence electrons. The highest BCUT2D eigenvalue weighted by molar-refractivity contribution is 5.88. The van der Waals surface area contributed by atoms with Crippen LogP contribution in [0.25, 0.3) is 0 Å². The molecule has 5 heteroatoms. The van der Waals surface area contributed by atoms with Crippen molar-refractivity contribution >= 4 is 5.97 Å². The fourth-order valence-electron chi connectivity index (χ4n) is 5.29. The van der Waals surface area contributed by atoms with E-state index in [1.165, 1.54) is 6.42 Å². The summed E-state index contributed by atoms with van der Waals surface area (Å²) in [7, 11) is 0. The van der Waals surface area contributed by atoms with Gasteiger partial charge in [0.05, 0.1) is 0 Å². The summed E-state index contributed by atoms with van der Waals surface area (Å²) in [4.78, 5) is 10.9. The second-order valence-corrected chi connectivity index (χ2v) is 7.17. The highest BCUT2D eigenvalue weighted by Crippen LogP contribution is 2.63. The summed E-state index contributed by atoms with van der Waals surface area (Å²) in [5, 5.41) is 8.86. The molecule has 0 amide bonds. The van der Waals surface area contributed by atoms with Crippen LogP contribution in [-0.4, -0.2) is 17.3 Å². The van der Waals surface area contributed by atoms with E-state index in [1.807, 2.05) is 0 Å². The van der Waals surface area contributed by atoms with E-state index in [9.17, 15) is 18.0 Å². The van der Waals surface area contributed by atoms with Crippen LogP contribution in [0, 0.1) is 29.1 Å². The molecule has 4 aliphatic carbocycles. The van der Waals surface area contributed by atoms with Crippen molar-refractivity contribution in [3.63, 3.8) is 0 Å². The fraction of sp³-hybridized carbons (Fsp3) is 0.800. The van der Waals surface area contributed by atoms with E-state index in [0.29, 0.717) is 11.8 Å². The average molecular weight is 288 g/mol. The topological polar surface area (TPSA) is 37.3 Å². The Morgan fingerprint density at radius 1 is 1.20 bits per heavy atom. The van der Waals surface area contributed by atoms with Crippen LogP contribution in [0.1, 0.15) is 39.0 Å². The third kappa shape index (κ3) is 2.15. The first-order valence-electron chi connectivity index (χ1n) is 7.21. The van der Waals surface area contributed by atoms with Gasteiger partial charge in [-0.05, 0) is 61.2 Å². The number of carboxylic acids is 1. The molecule has 20 heavy (non-hydrogen) atoms. The first-order chi connectivity index (χ1) is 9.19. The van der Waals surface area contributed by atoms with Crippen LogP contribution in [0.3, 0.4) is 0 Å². The maximum atomic E-state index is 12.9. The molecule has 0 heterocycles. The molecule has 4 bridgehead atoms. The Hall–Kier alpha value is -1.00. The molecule has 0 aromatic carbocycles. The number of halogens is 3. The van der Waals surface area contributed by atoms with Crippen LogP contribution in [-0.2, 0) is 4.79 Å². The van der Waals surface area contributed by atoms with Gasteiger partial charge in [-0.2, -0.15) is 13.2 Å². The quantitative estimate of drug-likeness (QED) is 0.779. The van der Waals surface area contributed by atoms with Crippen molar-refractivity contribution in [3.05, 3.63) is 11.6 Å². The Balaban J connectivity index is 1.95. The summed E-state index contributed by atoms with van der Waals surface area (Å²) in [6.07, 6.45) is 1.32. The molecular weight excluding hydrogens is 269 g/mol. The van der Waals surface area contributed by atoms with Gasteiger partial charge in [0.2, 0.25) is 0 Å². The van der Waals surface area contributed by atoms with Gasteiger partial charge in [-0.25, -0.2) is 4.79 Å². The van der Waals surface area contributed by atoms with Crippen LogP contribution < -0.4 is 0 Å². The number of hydrogen-bond donors (Lipinski definition) is 1. The lowest BCUT2D eigenvalue weighted by atomic mass is 9.45. The molecular formula is C15H19F3O2. The molecule has 0 aromatic heterocycles. The summed E-state index contributed by atoms with van der Waals surface area (Å²) < 4.78 is 38.6. The van der Waals surface area contributed by atoms with Gasteiger partial charge in [0, 0.05) is 0 Å². The Bertz CT molecular complexity index is 452. The predicted molar refractivity (Wildman–Crippen MR) is 66.9 cm³/mol. The van der Waals surface area contributed by atoms with Crippen molar-refractivity contribution in [3.8, 4) is 0 Å². The third-order valence-electron chi connectivity index (χ3n) is 5.64. The number of rotatable bonds is 2. The summed E-state index contributed by atoms with van der Waals surface area (Å²) in [5.41, 5.74) is -1.52. The van der Waals surface area contributed by atoms with Gasteiger partial charge in [-0.15, -0.1) is 0 Å². The Labute approximate surface area is 116 Å². The van der Waals surface area contributed by atoms with E-state index in [1.54, 1.807) is 0 Å². The molecule has 0 spiro atoms. The zero-order valence-electron chi connectivity index (χ0n) is 11.4. The maximum Gasteiger partial charge on any atom is 0.423 e. The molecule has 4 fully saturated rings. The predicted octanol–water partition coefficient (Wildman–Crippen LogP) is 4.02. The zero-order chi connectivity index (χ0) is 14.7. The highest BCUT2D eigenvalue weighted by Gasteiger charge is 2.54. The smallest absolute Gasteiger partial charge is 0.423 e. The van der Waals surface area contributed by atoms with Crippen molar-refractivity contribution in [1.29, 1.82) is 0 Å². The van der Waals surface area contributed by atoms with Crippen LogP contribution in [0.15, 0.2) is 11.6 Å². The van der Waals surface area contributed by atoms with Gasteiger partial charge in [0.25, 0.3) is 0 Å². The first-order valence-corrected chi connectivity index (χ1v) is 7.21. The number of carbonyl (C=O) groups is 1. The van der Waals surface area contributed by atoms with Crippen molar-refractivity contribution in [1.82, 2.24) is 0 Å². The molecule has 4 aliphatic rings.